The van der Waals surface area contributed by atoms with Gasteiger partial charge >= 0.3 is 0 Å². The number of hydrogen-bond donors (Lipinski definition) is 1. The van der Waals surface area contributed by atoms with E-state index >= 15 is 0 Å². The Balaban J connectivity index is 2.24. The molecule has 0 saturated heterocycles. The van der Waals surface area contributed by atoms with Gasteiger partial charge in [-0.05, 0) is 50.0 Å². The average Bonchev–Trinajstić information content (AvgIpc) is 2.29. The summed E-state index contributed by atoms with van der Waals surface area (Å²) in [6, 6.07) is 8.32. The lowest BCUT2D eigenvalue weighted by atomic mass is 10.1. The van der Waals surface area contributed by atoms with Crippen LogP contribution in [-0.2, 0) is 6.42 Å². The third-order valence-corrected chi connectivity index (χ3v) is 2.45. The Labute approximate surface area is 92.6 Å². The summed E-state index contributed by atoms with van der Waals surface area (Å²) in [5.41, 5.74) is 1.37. The molecule has 2 heteroatoms. The van der Waals surface area contributed by atoms with E-state index in [0.29, 0.717) is 0 Å². The van der Waals surface area contributed by atoms with Gasteiger partial charge in [0, 0.05) is 0 Å². The number of rotatable bonds is 7. The Morgan fingerprint density at radius 1 is 1.27 bits per heavy atom. The number of aryl methyl sites for hydroxylation is 1. The summed E-state index contributed by atoms with van der Waals surface area (Å²) in [7, 11) is 1.71. The van der Waals surface area contributed by atoms with Crippen LogP contribution < -0.4 is 10.1 Å². The third-order valence-electron chi connectivity index (χ3n) is 2.45. The second-order valence-corrected chi connectivity index (χ2v) is 3.66. The van der Waals surface area contributed by atoms with Gasteiger partial charge in [0.25, 0.3) is 0 Å². The monoisotopic (exact) mass is 207 g/mol. The van der Waals surface area contributed by atoms with Crippen LogP contribution in [0.4, 0.5) is 0 Å². The first kappa shape index (κ1) is 12.1. The number of methoxy groups -OCH3 is 1. The summed E-state index contributed by atoms with van der Waals surface area (Å²) in [6.07, 6.45) is 3.62. The van der Waals surface area contributed by atoms with Crippen LogP contribution in [0.1, 0.15) is 25.3 Å². The van der Waals surface area contributed by atoms with E-state index in [0.717, 1.165) is 25.3 Å². The number of ether oxygens (including phenoxy) is 1. The number of benzene rings is 1. The molecule has 1 aromatic carbocycles. The van der Waals surface area contributed by atoms with Crippen LogP contribution in [-0.4, -0.2) is 20.2 Å². The standard InChI is InChI=1S/C13H21NO/c1-3-14-10-5-4-7-12-8-6-9-13(11-12)15-2/h6,8-9,11,14H,3-5,7,10H2,1-2H3. The molecule has 1 N–H and O–H groups in total. The van der Waals surface area contributed by atoms with E-state index in [1.54, 1.807) is 7.11 Å². The topological polar surface area (TPSA) is 21.3 Å². The van der Waals surface area contributed by atoms with Gasteiger partial charge in [0.1, 0.15) is 5.75 Å². The van der Waals surface area contributed by atoms with Crippen LogP contribution in [0.2, 0.25) is 0 Å². The van der Waals surface area contributed by atoms with Gasteiger partial charge in [-0.2, -0.15) is 0 Å². The van der Waals surface area contributed by atoms with Crippen LogP contribution >= 0.6 is 0 Å². The van der Waals surface area contributed by atoms with Crippen LogP contribution in [0, 0.1) is 0 Å². The van der Waals surface area contributed by atoms with Crippen LogP contribution in [0.15, 0.2) is 24.3 Å². The van der Waals surface area contributed by atoms with Crippen molar-refractivity contribution in [2.24, 2.45) is 0 Å². The van der Waals surface area contributed by atoms with Crippen molar-refractivity contribution in [3.8, 4) is 5.75 Å². The molecule has 0 radical (unpaired) electrons. The van der Waals surface area contributed by atoms with Gasteiger partial charge in [0.15, 0.2) is 0 Å². The van der Waals surface area contributed by atoms with Gasteiger partial charge in [-0.3, -0.25) is 0 Å². The zero-order valence-corrected chi connectivity index (χ0v) is 9.75. The molecule has 0 unspecified atom stereocenters. The Morgan fingerprint density at radius 3 is 2.87 bits per heavy atom. The lowest BCUT2D eigenvalue weighted by Gasteiger charge is -2.04. The first-order valence-corrected chi connectivity index (χ1v) is 5.70. The molecule has 0 fully saturated rings. The maximum absolute atomic E-state index is 5.19. The minimum atomic E-state index is 0.958. The highest BCUT2D eigenvalue weighted by Crippen LogP contribution is 2.14. The lowest BCUT2D eigenvalue weighted by Crippen LogP contribution is -2.13. The fourth-order valence-corrected chi connectivity index (χ4v) is 1.58. The van der Waals surface area contributed by atoms with Crippen molar-refractivity contribution < 1.29 is 4.74 Å². The van der Waals surface area contributed by atoms with Crippen molar-refractivity contribution in [1.29, 1.82) is 0 Å². The zero-order valence-electron chi connectivity index (χ0n) is 9.75. The smallest absolute Gasteiger partial charge is 0.119 e. The Bertz CT molecular complexity index is 273. The lowest BCUT2D eigenvalue weighted by molar-refractivity contribution is 0.414. The van der Waals surface area contributed by atoms with E-state index in [4.69, 9.17) is 4.74 Å². The Hall–Kier alpha value is -1.02. The molecule has 1 rings (SSSR count). The molecule has 0 atom stereocenters. The van der Waals surface area contributed by atoms with Gasteiger partial charge in [0.2, 0.25) is 0 Å². The zero-order chi connectivity index (χ0) is 10.9. The van der Waals surface area contributed by atoms with E-state index in [1.807, 2.05) is 6.07 Å². The SMILES string of the molecule is CCNCCCCc1cccc(OC)c1. The second kappa shape index (κ2) is 7.30. The number of unbranched alkanes of at least 4 members (excludes halogenated alkanes) is 1. The highest BCUT2D eigenvalue weighted by molar-refractivity contribution is 5.28. The van der Waals surface area contributed by atoms with Gasteiger partial charge in [0.05, 0.1) is 7.11 Å². The predicted molar refractivity (Wildman–Crippen MR) is 64.5 cm³/mol. The molecule has 0 aromatic heterocycles. The van der Waals surface area contributed by atoms with E-state index in [9.17, 15) is 0 Å². The van der Waals surface area contributed by atoms with Crippen molar-refractivity contribution in [3.05, 3.63) is 29.8 Å². The molecule has 0 aliphatic heterocycles. The molecule has 0 bridgehead atoms. The van der Waals surface area contributed by atoms with Gasteiger partial charge in [-0.25, -0.2) is 0 Å². The van der Waals surface area contributed by atoms with Crippen LogP contribution in [0.25, 0.3) is 0 Å². The summed E-state index contributed by atoms with van der Waals surface area (Å²) in [5.74, 6) is 0.958. The molecule has 84 valence electrons. The molecule has 2 nitrogen and oxygen atoms in total. The molecule has 15 heavy (non-hydrogen) atoms. The molecule has 0 aliphatic rings. The largest absolute Gasteiger partial charge is 0.497 e. The first-order valence-electron chi connectivity index (χ1n) is 5.70. The van der Waals surface area contributed by atoms with Crippen molar-refractivity contribution in [2.45, 2.75) is 26.2 Å². The van der Waals surface area contributed by atoms with Gasteiger partial charge in [-0.15, -0.1) is 0 Å². The molecule has 0 aliphatic carbocycles. The number of nitrogens with one attached hydrogen (secondary N) is 1. The molecule has 0 heterocycles. The summed E-state index contributed by atoms with van der Waals surface area (Å²) >= 11 is 0. The van der Waals surface area contributed by atoms with Gasteiger partial charge < -0.3 is 10.1 Å². The van der Waals surface area contributed by atoms with Crippen molar-refractivity contribution >= 4 is 0 Å². The predicted octanol–water partition coefficient (Wildman–Crippen LogP) is 2.63. The maximum atomic E-state index is 5.19. The molecule has 1 aromatic rings. The van der Waals surface area contributed by atoms with Crippen molar-refractivity contribution in [1.82, 2.24) is 5.32 Å². The summed E-state index contributed by atoms with van der Waals surface area (Å²) in [4.78, 5) is 0. The maximum Gasteiger partial charge on any atom is 0.119 e. The van der Waals surface area contributed by atoms with E-state index in [2.05, 4.69) is 30.4 Å². The second-order valence-electron chi connectivity index (χ2n) is 3.66. The fraction of sp³-hybridized carbons (Fsp3) is 0.538. The van der Waals surface area contributed by atoms with Crippen molar-refractivity contribution in [2.75, 3.05) is 20.2 Å². The molecule has 0 amide bonds. The Morgan fingerprint density at radius 2 is 2.13 bits per heavy atom. The van der Waals surface area contributed by atoms with E-state index < -0.39 is 0 Å². The highest BCUT2D eigenvalue weighted by atomic mass is 16.5. The fourth-order valence-electron chi connectivity index (χ4n) is 1.58. The average molecular weight is 207 g/mol. The van der Waals surface area contributed by atoms with Crippen LogP contribution in [0.3, 0.4) is 0 Å². The molecular formula is C13H21NO. The quantitative estimate of drug-likeness (QED) is 0.694. The summed E-state index contributed by atoms with van der Waals surface area (Å²) in [6.45, 7) is 4.34. The first-order chi connectivity index (χ1) is 7.36. The van der Waals surface area contributed by atoms with Crippen LogP contribution in [0.5, 0.6) is 5.75 Å². The highest BCUT2D eigenvalue weighted by Gasteiger charge is 1.95. The van der Waals surface area contributed by atoms with Crippen molar-refractivity contribution in [3.63, 3.8) is 0 Å². The summed E-state index contributed by atoms with van der Waals surface area (Å²) < 4.78 is 5.19. The van der Waals surface area contributed by atoms with E-state index in [-0.39, 0.29) is 0 Å². The van der Waals surface area contributed by atoms with Gasteiger partial charge in [-0.1, -0.05) is 19.1 Å². The molecule has 0 saturated carbocycles. The van der Waals surface area contributed by atoms with E-state index in [1.165, 1.54) is 18.4 Å². The Kier molecular flexibility index (Phi) is 5.86. The third kappa shape index (κ3) is 4.84. The number of hydrogen-bond acceptors (Lipinski definition) is 2. The summed E-state index contributed by atoms with van der Waals surface area (Å²) in [5, 5.41) is 3.33. The normalized spacial score (nSPS) is 10.3. The molecule has 0 spiro atoms. The minimum Gasteiger partial charge on any atom is -0.497 e. The molecular weight excluding hydrogens is 186 g/mol. The minimum absolute atomic E-state index is 0.958.